The summed E-state index contributed by atoms with van der Waals surface area (Å²) in [6.07, 6.45) is 3.14. The molecule has 0 aromatic rings. The molecule has 1 aliphatic rings. The third kappa shape index (κ3) is 2.13. The molecule has 1 aliphatic heterocycles. The molecule has 0 aromatic heterocycles. The van der Waals surface area contributed by atoms with Gasteiger partial charge in [-0.15, -0.1) is 0 Å². The van der Waals surface area contributed by atoms with Gasteiger partial charge in [-0.3, -0.25) is 9.59 Å². The van der Waals surface area contributed by atoms with Gasteiger partial charge in [-0.25, -0.2) is 0 Å². The SMILES string of the molecule is C/C=C/C(=O)N1C[C@@H](C)[C@H](C(=O)O)C1. The number of aliphatic carboxylic acids is 1. The van der Waals surface area contributed by atoms with Crippen molar-refractivity contribution in [3.05, 3.63) is 12.2 Å². The first-order valence-corrected chi connectivity index (χ1v) is 4.70. The van der Waals surface area contributed by atoms with Crippen LogP contribution < -0.4 is 0 Å². The molecule has 2 atom stereocenters. The van der Waals surface area contributed by atoms with Crippen LogP contribution in [0.2, 0.25) is 0 Å². The van der Waals surface area contributed by atoms with Crippen molar-refractivity contribution >= 4 is 11.9 Å². The van der Waals surface area contributed by atoms with Crippen molar-refractivity contribution in [2.24, 2.45) is 11.8 Å². The molecule has 1 saturated heterocycles. The number of carboxylic acid groups (broad SMARTS) is 1. The molecule has 0 unspecified atom stereocenters. The number of rotatable bonds is 2. The van der Waals surface area contributed by atoms with Crippen molar-refractivity contribution in [1.29, 1.82) is 0 Å². The number of allylic oxidation sites excluding steroid dienone is 1. The zero-order chi connectivity index (χ0) is 10.7. The molecule has 1 N–H and O–H groups in total. The average molecular weight is 197 g/mol. The Morgan fingerprint density at radius 3 is 2.50 bits per heavy atom. The maximum Gasteiger partial charge on any atom is 0.308 e. The second-order valence-corrected chi connectivity index (χ2v) is 3.67. The van der Waals surface area contributed by atoms with E-state index in [0.717, 1.165) is 0 Å². The van der Waals surface area contributed by atoms with Crippen LogP contribution in [0, 0.1) is 11.8 Å². The highest BCUT2D eigenvalue weighted by molar-refractivity contribution is 5.88. The number of carbonyl (C=O) groups is 2. The Morgan fingerprint density at radius 1 is 1.43 bits per heavy atom. The quantitative estimate of drug-likeness (QED) is 0.664. The summed E-state index contributed by atoms with van der Waals surface area (Å²) in [4.78, 5) is 23.8. The Labute approximate surface area is 83.2 Å². The molecule has 14 heavy (non-hydrogen) atoms. The highest BCUT2D eigenvalue weighted by Crippen LogP contribution is 2.23. The first kappa shape index (κ1) is 10.8. The molecule has 0 bridgehead atoms. The number of hydrogen-bond donors (Lipinski definition) is 1. The van der Waals surface area contributed by atoms with Crippen LogP contribution in [-0.4, -0.2) is 35.0 Å². The fourth-order valence-corrected chi connectivity index (χ4v) is 1.72. The van der Waals surface area contributed by atoms with E-state index in [-0.39, 0.29) is 11.8 Å². The lowest BCUT2D eigenvalue weighted by Crippen LogP contribution is -2.28. The molecular weight excluding hydrogens is 182 g/mol. The molecular formula is C10H15NO3. The lowest BCUT2D eigenvalue weighted by molar-refractivity contribution is -0.142. The third-order valence-corrected chi connectivity index (χ3v) is 2.55. The van der Waals surface area contributed by atoms with Crippen LogP contribution in [0.4, 0.5) is 0 Å². The molecule has 4 heteroatoms. The number of carbonyl (C=O) groups excluding carboxylic acids is 1. The van der Waals surface area contributed by atoms with E-state index in [0.29, 0.717) is 13.1 Å². The molecule has 0 aromatic carbocycles. The molecule has 0 radical (unpaired) electrons. The molecule has 78 valence electrons. The van der Waals surface area contributed by atoms with E-state index in [9.17, 15) is 9.59 Å². The number of amides is 1. The molecule has 4 nitrogen and oxygen atoms in total. The van der Waals surface area contributed by atoms with Gasteiger partial charge < -0.3 is 10.0 Å². The van der Waals surface area contributed by atoms with Crippen molar-refractivity contribution in [2.75, 3.05) is 13.1 Å². The molecule has 1 amide bonds. The summed E-state index contributed by atoms with van der Waals surface area (Å²) in [6.45, 7) is 4.51. The third-order valence-electron chi connectivity index (χ3n) is 2.55. The fourth-order valence-electron chi connectivity index (χ4n) is 1.72. The minimum atomic E-state index is -0.812. The van der Waals surface area contributed by atoms with Crippen molar-refractivity contribution in [1.82, 2.24) is 4.90 Å². The second kappa shape index (κ2) is 4.26. The van der Waals surface area contributed by atoms with Gasteiger partial charge in [0.25, 0.3) is 0 Å². The predicted molar refractivity (Wildman–Crippen MR) is 51.7 cm³/mol. The van der Waals surface area contributed by atoms with Gasteiger partial charge in [0, 0.05) is 13.1 Å². The number of likely N-dealkylation sites (tertiary alicyclic amines) is 1. The Hall–Kier alpha value is -1.32. The lowest BCUT2D eigenvalue weighted by atomic mass is 9.99. The topological polar surface area (TPSA) is 57.6 Å². The first-order chi connectivity index (χ1) is 6.56. The van der Waals surface area contributed by atoms with Gasteiger partial charge in [0.1, 0.15) is 0 Å². The summed E-state index contributed by atoms with van der Waals surface area (Å²) in [7, 11) is 0. The number of hydrogen-bond acceptors (Lipinski definition) is 2. The van der Waals surface area contributed by atoms with E-state index >= 15 is 0 Å². The van der Waals surface area contributed by atoms with Gasteiger partial charge in [-0.05, 0) is 18.9 Å². The van der Waals surface area contributed by atoms with E-state index in [1.165, 1.54) is 6.08 Å². The zero-order valence-electron chi connectivity index (χ0n) is 8.43. The van der Waals surface area contributed by atoms with Crippen LogP contribution in [0.1, 0.15) is 13.8 Å². The van der Waals surface area contributed by atoms with Crippen molar-refractivity contribution in [3.63, 3.8) is 0 Å². The Balaban J connectivity index is 2.63. The van der Waals surface area contributed by atoms with Gasteiger partial charge in [0.15, 0.2) is 0 Å². The van der Waals surface area contributed by atoms with Gasteiger partial charge in [0.05, 0.1) is 5.92 Å². The largest absolute Gasteiger partial charge is 0.481 e. The summed E-state index contributed by atoms with van der Waals surface area (Å²) in [5, 5.41) is 8.86. The van der Waals surface area contributed by atoms with Gasteiger partial charge in [-0.1, -0.05) is 13.0 Å². The maximum atomic E-state index is 11.4. The van der Waals surface area contributed by atoms with E-state index in [4.69, 9.17) is 5.11 Å². The van der Waals surface area contributed by atoms with Crippen LogP contribution in [0.25, 0.3) is 0 Å². The fraction of sp³-hybridized carbons (Fsp3) is 0.600. The highest BCUT2D eigenvalue weighted by Gasteiger charge is 2.36. The van der Waals surface area contributed by atoms with Crippen LogP contribution in [-0.2, 0) is 9.59 Å². The van der Waals surface area contributed by atoms with Crippen LogP contribution in [0.5, 0.6) is 0 Å². The Morgan fingerprint density at radius 2 is 2.07 bits per heavy atom. The standard InChI is InChI=1S/C10H15NO3/c1-3-4-9(12)11-5-7(2)8(6-11)10(13)14/h3-4,7-8H,5-6H2,1-2H3,(H,13,14)/b4-3+/t7-,8-/m1/s1. The second-order valence-electron chi connectivity index (χ2n) is 3.67. The molecule has 1 heterocycles. The van der Waals surface area contributed by atoms with E-state index in [1.807, 2.05) is 6.92 Å². The maximum absolute atomic E-state index is 11.4. The summed E-state index contributed by atoms with van der Waals surface area (Å²) in [5.41, 5.74) is 0. The van der Waals surface area contributed by atoms with Crippen molar-refractivity contribution < 1.29 is 14.7 Å². The predicted octanol–water partition coefficient (Wildman–Crippen LogP) is 0.742. The normalized spacial score (nSPS) is 27.1. The van der Waals surface area contributed by atoms with Gasteiger partial charge >= 0.3 is 5.97 Å². The van der Waals surface area contributed by atoms with Gasteiger partial charge in [-0.2, -0.15) is 0 Å². The molecule has 1 fully saturated rings. The molecule has 1 rings (SSSR count). The van der Waals surface area contributed by atoms with Gasteiger partial charge in [0.2, 0.25) is 5.91 Å². The number of nitrogens with zero attached hydrogens (tertiary/aromatic N) is 1. The molecule has 0 aliphatic carbocycles. The zero-order valence-corrected chi connectivity index (χ0v) is 8.43. The van der Waals surface area contributed by atoms with E-state index < -0.39 is 11.9 Å². The Kier molecular flexibility index (Phi) is 3.28. The molecule has 0 saturated carbocycles. The summed E-state index contributed by atoms with van der Waals surface area (Å²) >= 11 is 0. The van der Waals surface area contributed by atoms with Crippen LogP contribution >= 0.6 is 0 Å². The van der Waals surface area contributed by atoms with E-state index in [1.54, 1.807) is 17.9 Å². The summed E-state index contributed by atoms with van der Waals surface area (Å²) < 4.78 is 0. The minimum Gasteiger partial charge on any atom is -0.481 e. The monoisotopic (exact) mass is 197 g/mol. The Bertz CT molecular complexity index is 273. The van der Waals surface area contributed by atoms with Crippen LogP contribution in [0.15, 0.2) is 12.2 Å². The van der Waals surface area contributed by atoms with Crippen LogP contribution in [0.3, 0.4) is 0 Å². The number of carboxylic acids is 1. The smallest absolute Gasteiger partial charge is 0.308 e. The lowest BCUT2D eigenvalue weighted by Gasteiger charge is -2.12. The first-order valence-electron chi connectivity index (χ1n) is 4.70. The minimum absolute atomic E-state index is 0.0432. The summed E-state index contributed by atoms with van der Waals surface area (Å²) in [6, 6.07) is 0. The van der Waals surface area contributed by atoms with Crippen molar-refractivity contribution in [2.45, 2.75) is 13.8 Å². The van der Waals surface area contributed by atoms with E-state index in [2.05, 4.69) is 0 Å². The highest BCUT2D eigenvalue weighted by atomic mass is 16.4. The average Bonchev–Trinajstić information content (AvgIpc) is 2.48. The summed E-state index contributed by atoms with van der Waals surface area (Å²) in [5.74, 6) is -1.28. The van der Waals surface area contributed by atoms with Crippen molar-refractivity contribution in [3.8, 4) is 0 Å². The molecule has 0 spiro atoms.